The average molecular weight is 541 g/mol. The average Bonchev–Trinajstić information content (AvgIpc) is 3.51. The van der Waals surface area contributed by atoms with Gasteiger partial charge in [-0.2, -0.15) is 0 Å². The highest BCUT2D eigenvalue weighted by Gasteiger charge is 2.48. The van der Waals surface area contributed by atoms with Gasteiger partial charge in [0.25, 0.3) is 5.78 Å². The van der Waals surface area contributed by atoms with Gasteiger partial charge in [0.1, 0.15) is 18.1 Å². The maximum absolute atomic E-state index is 13.6. The van der Waals surface area contributed by atoms with Crippen LogP contribution >= 0.6 is 0 Å². The number of amides is 1. The molecule has 40 heavy (non-hydrogen) atoms. The van der Waals surface area contributed by atoms with E-state index in [9.17, 15) is 14.7 Å². The molecular formula is C30H28N4O6. The van der Waals surface area contributed by atoms with Gasteiger partial charge in [0.2, 0.25) is 5.95 Å². The zero-order valence-electron chi connectivity index (χ0n) is 22.3. The number of aromatic nitrogens is 2. The van der Waals surface area contributed by atoms with E-state index in [0.717, 1.165) is 5.69 Å². The summed E-state index contributed by atoms with van der Waals surface area (Å²) in [4.78, 5) is 38.3. The van der Waals surface area contributed by atoms with Crippen LogP contribution in [0.2, 0.25) is 0 Å². The molecule has 2 N–H and O–H groups in total. The summed E-state index contributed by atoms with van der Waals surface area (Å²) in [7, 11) is 3.47. The van der Waals surface area contributed by atoms with Crippen LogP contribution in [0.1, 0.15) is 24.1 Å². The number of aromatic amines is 1. The van der Waals surface area contributed by atoms with Gasteiger partial charge in [-0.05, 0) is 55.0 Å². The van der Waals surface area contributed by atoms with E-state index in [1.54, 1.807) is 36.4 Å². The number of carbonyl (C=O) groups is 2. The number of anilines is 2. The van der Waals surface area contributed by atoms with Crippen molar-refractivity contribution in [1.82, 2.24) is 9.97 Å². The molecule has 0 aliphatic carbocycles. The molecular weight excluding hydrogens is 512 g/mol. The second kappa shape index (κ2) is 9.96. The fourth-order valence-electron chi connectivity index (χ4n) is 5.20. The molecule has 10 heteroatoms. The quantitative estimate of drug-likeness (QED) is 0.210. The van der Waals surface area contributed by atoms with Gasteiger partial charge < -0.3 is 29.2 Å². The first-order valence-electron chi connectivity index (χ1n) is 13.0. The molecule has 1 saturated heterocycles. The number of carbonyl (C=O) groups excluding carboxylic acids is 2. The van der Waals surface area contributed by atoms with E-state index >= 15 is 0 Å². The Morgan fingerprint density at radius 3 is 2.73 bits per heavy atom. The van der Waals surface area contributed by atoms with Crippen LogP contribution in [0.4, 0.5) is 11.6 Å². The molecule has 1 unspecified atom stereocenters. The van der Waals surface area contributed by atoms with Crippen LogP contribution in [0.5, 0.6) is 17.2 Å². The van der Waals surface area contributed by atoms with E-state index in [4.69, 9.17) is 14.2 Å². The Morgan fingerprint density at radius 1 is 1.12 bits per heavy atom. The van der Waals surface area contributed by atoms with Gasteiger partial charge in [0.15, 0.2) is 11.5 Å². The van der Waals surface area contributed by atoms with E-state index in [0.29, 0.717) is 59.2 Å². The fourth-order valence-corrected chi connectivity index (χ4v) is 5.20. The first kappa shape index (κ1) is 25.3. The molecule has 3 heterocycles. The first-order valence-corrected chi connectivity index (χ1v) is 13.0. The summed E-state index contributed by atoms with van der Waals surface area (Å²) >= 11 is 0. The Bertz CT molecular complexity index is 1640. The van der Waals surface area contributed by atoms with Crippen molar-refractivity contribution in [2.45, 2.75) is 13.0 Å². The lowest BCUT2D eigenvalue weighted by atomic mass is 9.94. The molecule has 6 rings (SSSR count). The van der Waals surface area contributed by atoms with Crippen LogP contribution in [0, 0.1) is 0 Å². The van der Waals surface area contributed by atoms with Gasteiger partial charge in [-0.15, -0.1) is 0 Å². The lowest BCUT2D eigenvalue weighted by Crippen LogP contribution is -2.30. The number of aliphatic hydroxyl groups excluding tert-OH is 1. The number of methoxy groups -OCH3 is 1. The molecule has 0 saturated carbocycles. The highest BCUT2D eigenvalue weighted by Crippen LogP contribution is 2.44. The number of imidazole rings is 1. The van der Waals surface area contributed by atoms with E-state index in [1.165, 1.54) is 12.0 Å². The number of likely N-dealkylation sites (N-methyl/N-ethyl adjacent to an activating group) is 1. The number of Topliss-reactive ketones (excluding diaryl/α,β-unsaturated/α-hetero) is 1. The summed E-state index contributed by atoms with van der Waals surface area (Å²) in [5.74, 6) is -0.0931. The van der Waals surface area contributed by atoms with Crippen LogP contribution in [0.25, 0.3) is 16.8 Å². The lowest BCUT2D eigenvalue weighted by Gasteiger charge is -2.28. The highest BCUT2D eigenvalue weighted by molar-refractivity contribution is 6.51. The molecule has 2 aliphatic heterocycles. The van der Waals surface area contributed by atoms with E-state index < -0.39 is 17.7 Å². The Labute approximate surface area is 230 Å². The second-order valence-corrected chi connectivity index (χ2v) is 9.54. The van der Waals surface area contributed by atoms with Gasteiger partial charge in [-0.1, -0.05) is 18.2 Å². The van der Waals surface area contributed by atoms with Gasteiger partial charge in [-0.25, -0.2) is 4.98 Å². The topological polar surface area (TPSA) is 117 Å². The fraction of sp³-hybridized carbons (Fsp3) is 0.233. The number of benzene rings is 3. The maximum atomic E-state index is 13.6. The normalized spacial score (nSPS) is 18.1. The van der Waals surface area contributed by atoms with Crippen LogP contribution in [0.3, 0.4) is 0 Å². The SMILES string of the molecule is CCOc1cc(C2/C(=C(\O)c3ccc4c(c3)N(C)CCO4)C(=O)C(=O)N2c2nc3ccccc3[nH]2)ccc1OC. The number of hydrogen-bond donors (Lipinski definition) is 2. The molecule has 204 valence electrons. The monoisotopic (exact) mass is 540 g/mol. The highest BCUT2D eigenvalue weighted by atomic mass is 16.5. The van der Waals surface area contributed by atoms with E-state index in [1.807, 2.05) is 43.1 Å². The molecule has 0 radical (unpaired) electrons. The zero-order chi connectivity index (χ0) is 28.0. The van der Waals surface area contributed by atoms with Gasteiger partial charge >= 0.3 is 5.91 Å². The summed E-state index contributed by atoms with van der Waals surface area (Å²) in [6.07, 6.45) is 0. The Balaban J connectivity index is 1.56. The molecule has 10 nitrogen and oxygen atoms in total. The maximum Gasteiger partial charge on any atom is 0.302 e. The summed E-state index contributed by atoms with van der Waals surface area (Å²) in [5.41, 5.74) is 3.01. The molecule has 2 aliphatic rings. The third kappa shape index (κ3) is 4.08. The van der Waals surface area contributed by atoms with Crippen molar-refractivity contribution in [3.63, 3.8) is 0 Å². The van der Waals surface area contributed by atoms with Crippen molar-refractivity contribution in [3.8, 4) is 17.2 Å². The van der Waals surface area contributed by atoms with Crippen molar-refractivity contribution in [3.05, 3.63) is 77.4 Å². The number of nitrogens with zero attached hydrogens (tertiary/aromatic N) is 3. The van der Waals surface area contributed by atoms with E-state index in [-0.39, 0.29) is 17.3 Å². The Kier molecular flexibility index (Phi) is 6.30. The number of ether oxygens (including phenoxy) is 3. The minimum atomic E-state index is -0.990. The molecule has 4 aromatic rings. The number of H-pyrrole nitrogens is 1. The molecule has 0 spiro atoms. The molecule has 1 fully saturated rings. The van der Waals surface area contributed by atoms with Crippen molar-refractivity contribution in [2.24, 2.45) is 0 Å². The predicted octanol–water partition coefficient (Wildman–Crippen LogP) is 4.43. The summed E-state index contributed by atoms with van der Waals surface area (Å²) < 4.78 is 17.0. The van der Waals surface area contributed by atoms with Crippen molar-refractivity contribution < 1.29 is 28.9 Å². The second-order valence-electron chi connectivity index (χ2n) is 9.54. The van der Waals surface area contributed by atoms with Crippen LogP contribution in [-0.2, 0) is 9.59 Å². The molecule has 0 bridgehead atoms. The number of hydrogen-bond acceptors (Lipinski definition) is 8. The summed E-state index contributed by atoms with van der Waals surface area (Å²) in [6.45, 7) is 3.47. The zero-order valence-corrected chi connectivity index (χ0v) is 22.3. The molecule has 3 aromatic carbocycles. The van der Waals surface area contributed by atoms with Crippen LogP contribution in [-0.4, -0.2) is 60.7 Å². The number of rotatable bonds is 6. The smallest absolute Gasteiger partial charge is 0.302 e. The Hall–Kier alpha value is -4.99. The minimum Gasteiger partial charge on any atom is -0.507 e. The molecule has 1 aromatic heterocycles. The number of aliphatic hydroxyl groups is 1. The largest absolute Gasteiger partial charge is 0.507 e. The molecule has 1 atom stereocenters. The van der Waals surface area contributed by atoms with Crippen LogP contribution in [0.15, 0.2) is 66.2 Å². The number of fused-ring (bicyclic) bond motifs is 2. The summed E-state index contributed by atoms with van der Waals surface area (Å²) in [5, 5.41) is 11.6. The van der Waals surface area contributed by atoms with Crippen LogP contribution < -0.4 is 24.0 Å². The van der Waals surface area contributed by atoms with Gasteiger partial charge in [-0.3, -0.25) is 14.5 Å². The van der Waals surface area contributed by atoms with Crippen molar-refractivity contribution in [1.29, 1.82) is 0 Å². The number of ketones is 1. The standard InChI is InChI=1S/C30H28N4O6/c1-4-39-24-16-17(9-12-23(24)38-3)26-25(27(35)18-10-11-22-21(15-18)33(2)13-14-40-22)28(36)29(37)34(26)30-31-19-7-5-6-8-20(19)32-30/h5-12,15-16,26,35H,4,13-14H2,1-3H3,(H,31,32)/b27-25+. The Morgan fingerprint density at radius 2 is 1.95 bits per heavy atom. The first-order chi connectivity index (χ1) is 19.4. The predicted molar refractivity (Wildman–Crippen MR) is 150 cm³/mol. The van der Waals surface area contributed by atoms with Gasteiger partial charge in [0.05, 0.1) is 48.6 Å². The van der Waals surface area contributed by atoms with Crippen molar-refractivity contribution in [2.75, 3.05) is 43.7 Å². The summed E-state index contributed by atoms with van der Waals surface area (Å²) in [6, 6.07) is 16.7. The number of nitrogens with one attached hydrogen (secondary N) is 1. The number of para-hydroxylation sites is 2. The third-order valence-electron chi connectivity index (χ3n) is 7.18. The lowest BCUT2D eigenvalue weighted by molar-refractivity contribution is -0.132. The minimum absolute atomic E-state index is 0.0580. The van der Waals surface area contributed by atoms with E-state index in [2.05, 4.69) is 9.97 Å². The third-order valence-corrected chi connectivity index (χ3v) is 7.18. The molecule has 1 amide bonds. The van der Waals surface area contributed by atoms with Crippen molar-refractivity contribution >= 4 is 40.1 Å². The van der Waals surface area contributed by atoms with Gasteiger partial charge in [0, 0.05) is 12.6 Å².